The molecule has 0 aromatic heterocycles. The second kappa shape index (κ2) is 5.83. The number of carbonyl (C=O) groups excluding carboxylic acids is 1. The molecule has 0 unspecified atom stereocenters. The molecule has 0 bridgehead atoms. The largest absolute Gasteiger partial charge is 0.489 e. The van der Waals surface area contributed by atoms with Crippen LogP contribution in [-0.4, -0.2) is 12.4 Å². The van der Waals surface area contributed by atoms with E-state index in [1.165, 1.54) is 0 Å². The first kappa shape index (κ1) is 13.4. The molecule has 3 nitrogen and oxygen atoms in total. The highest BCUT2D eigenvalue weighted by molar-refractivity contribution is 5.99. The average molecular weight is 280 g/mol. The lowest BCUT2D eigenvalue weighted by molar-refractivity contribution is -0.113. The van der Waals surface area contributed by atoms with Gasteiger partial charge in [0.25, 0.3) is 0 Å². The summed E-state index contributed by atoms with van der Waals surface area (Å²) in [5.41, 5.74) is 2.73. The van der Waals surface area contributed by atoms with E-state index in [1.807, 2.05) is 54.6 Å². The van der Waals surface area contributed by atoms with E-state index in [0.717, 1.165) is 22.6 Å². The highest BCUT2D eigenvalue weighted by Crippen LogP contribution is 2.30. The van der Waals surface area contributed by atoms with Gasteiger partial charge in [-0.05, 0) is 30.7 Å². The van der Waals surface area contributed by atoms with Crippen LogP contribution in [-0.2, 0) is 11.4 Å². The molecule has 0 saturated heterocycles. The maximum atomic E-state index is 11.4. The molecule has 21 heavy (non-hydrogen) atoms. The van der Waals surface area contributed by atoms with Gasteiger partial charge in [-0.15, -0.1) is 0 Å². The number of rotatable bonds is 4. The number of Topliss-reactive ketones (excluding diaryl/α,β-unsaturated/α-hetero) is 1. The van der Waals surface area contributed by atoms with E-state index in [4.69, 9.17) is 9.47 Å². The van der Waals surface area contributed by atoms with Gasteiger partial charge in [0, 0.05) is 17.2 Å². The van der Waals surface area contributed by atoms with Crippen LogP contribution in [0.15, 0.2) is 54.1 Å². The highest BCUT2D eigenvalue weighted by Gasteiger charge is 2.15. The zero-order valence-corrected chi connectivity index (χ0v) is 11.8. The summed E-state index contributed by atoms with van der Waals surface area (Å²) < 4.78 is 11.4. The first-order chi connectivity index (χ1) is 10.2. The van der Waals surface area contributed by atoms with Gasteiger partial charge in [-0.1, -0.05) is 30.3 Å². The zero-order valence-electron chi connectivity index (χ0n) is 11.8. The normalized spacial score (nSPS) is 12.9. The summed E-state index contributed by atoms with van der Waals surface area (Å²) in [6.07, 6.45) is 1.88. The van der Waals surface area contributed by atoms with Gasteiger partial charge in [-0.3, -0.25) is 4.79 Å². The molecular weight excluding hydrogens is 264 g/mol. The Hall–Kier alpha value is -2.55. The van der Waals surface area contributed by atoms with Crippen LogP contribution >= 0.6 is 0 Å². The molecule has 3 heteroatoms. The Morgan fingerprint density at radius 3 is 2.76 bits per heavy atom. The van der Waals surface area contributed by atoms with Gasteiger partial charge < -0.3 is 9.47 Å². The fraction of sp³-hybridized carbons (Fsp3) is 0.167. The Morgan fingerprint density at radius 1 is 1.19 bits per heavy atom. The number of ether oxygens (including phenoxy) is 2. The number of fused-ring (bicyclic) bond motifs is 1. The average Bonchev–Trinajstić information content (AvgIpc) is 2.53. The predicted octanol–water partition coefficient (Wildman–Crippen LogP) is 3.63. The first-order valence-electron chi connectivity index (χ1n) is 6.87. The van der Waals surface area contributed by atoms with Crippen molar-refractivity contribution >= 4 is 11.9 Å². The SMILES string of the molecule is CC(=O)C1=Cc2ccc(OCc3ccccc3)cc2OC1. The standard InChI is InChI=1S/C18H16O3/c1-13(19)16-9-15-7-8-17(10-18(15)21-12-16)20-11-14-5-3-2-4-6-14/h2-10H,11-12H2,1H3. The summed E-state index contributed by atoms with van der Waals surface area (Å²) in [5, 5.41) is 0. The van der Waals surface area contributed by atoms with E-state index in [2.05, 4.69) is 0 Å². The van der Waals surface area contributed by atoms with Gasteiger partial charge in [-0.2, -0.15) is 0 Å². The van der Waals surface area contributed by atoms with Crippen molar-refractivity contribution in [2.45, 2.75) is 13.5 Å². The van der Waals surface area contributed by atoms with Gasteiger partial charge in [0.2, 0.25) is 0 Å². The molecule has 0 N–H and O–H groups in total. The third-order valence-corrected chi connectivity index (χ3v) is 3.40. The van der Waals surface area contributed by atoms with Crippen molar-refractivity contribution in [3.8, 4) is 11.5 Å². The molecule has 2 aromatic rings. The molecule has 0 atom stereocenters. The van der Waals surface area contributed by atoms with Crippen molar-refractivity contribution in [2.75, 3.05) is 6.61 Å². The molecule has 0 radical (unpaired) electrons. The van der Waals surface area contributed by atoms with Crippen LogP contribution in [0.4, 0.5) is 0 Å². The summed E-state index contributed by atoms with van der Waals surface area (Å²) in [5.74, 6) is 1.56. The molecule has 0 fully saturated rings. The second-order valence-corrected chi connectivity index (χ2v) is 4.99. The summed E-state index contributed by atoms with van der Waals surface area (Å²) >= 11 is 0. The smallest absolute Gasteiger partial charge is 0.159 e. The minimum absolute atomic E-state index is 0.0463. The van der Waals surface area contributed by atoms with Gasteiger partial charge in [0.05, 0.1) is 0 Å². The van der Waals surface area contributed by atoms with Gasteiger partial charge >= 0.3 is 0 Å². The van der Waals surface area contributed by atoms with Gasteiger partial charge in [0.1, 0.15) is 24.7 Å². The fourth-order valence-corrected chi connectivity index (χ4v) is 2.18. The molecule has 3 rings (SSSR count). The van der Waals surface area contributed by atoms with Crippen molar-refractivity contribution in [2.24, 2.45) is 0 Å². The Balaban J connectivity index is 1.74. The first-order valence-corrected chi connectivity index (χ1v) is 6.87. The molecule has 1 aliphatic heterocycles. The van der Waals surface area contributed by atoms with E-state index in [-0.39, 0.29) is 5.78 Å². The summed E-state index contributed by atoms with van der Waals surface area (Å²) in [6.45, 7) is 2.40. The molecular formula is C18H16O3. The summed E-state index contributed by atoms with van der Waals surface area (Å²) in [7, 11) is 0. The lowest BCUT2D eigenvalue weighted by Crippen LogP contribution is -2.12. The maximum Gasteiger partial charge on any atom is 0.159 e. The predicted molar refractivity (Wildman–Crippen MR) is 81.4 cm³/mol. The van der Waals surface area contributed by atoms with E-state index < -0.39 is 0 Å². The summed E-state index contributed by atoms with van der Waals surface area (Å²) in [4.78, 5) is 11.4. The van der Waals surface area contributed by atoms with Crippen LogP contribution in [0, 0.1) is 0 Å². The monoisotopic (exact) mass is 280 g/mol. The van der Waals surface area contributed by atoms with Crippen LogP contribution in [0.5, 0.6) is 11.5 Å². The number of ketones is 1. The summed E-state index contributed by atoms with van der Waals surface area (Å²) in [6, 6.07) is 15.7. The third kappa shape index (κ3) is 3.14. The lowest BCUT2D eigenvalue weighted by atomic mass is 10.1. The topological polar surface area (TPSA) is 35.5 Å². The van der Waals surface area contributed by atoms with Crippen molar-refractivity contribution in [1.82, 2.24) is 0 Å². The van der Waals surface area contributed by atoms with Gasteiger partial charge in [0.15, 0.2) is 5.78 Å². The quantitative estimate of drug-likeness (QED) is 0.858. The van der Waals surface area contributed by atoms with Crippen LogP contribution in [0.3, 0.4) is 0 Å². The minimum Gasteiger partial charge on any atom is -0.489 e. The van der Waals surface area contributed by atoms with Crippen molar-refractivity contribution in [3.63, 3.8) is 0 Å². The Bertz CT molecular complexity index is 687. The third-order valence-electron chi connectivity index (χ3n) is 3.40. The Kier molecular flexibility index (Phi) is 3.73. The number of hydrogen-bond acceptors (Lipinski definition) is 3. The molecule has 0 spiro atoms. The molecule has 0 aliphatic carbocycles. The zero-order chi connectivity index (χ0) is 14.7. The van der Waals surface area contributed by atoms with Gasteiger partial charge in [-0.25, -0.2) is 0 Å². The van der Waals surface area contributed by atoms with E-state index in [9.17, 15) is 4.79 Å². The van der Waals surface area contributed by atoms with Crippen molar-refractivity contribution < 1.29 is 14.3 Å². The molecule has 1 aliphatic rings. The Labute approximate surface area is 123 Å². The molecule has 0 amide bonds. The number of carbonyl (C=O) groups is 1. The lowest BCUT2D eigenvalue weighted by Gasteiger charge is -2.17. The number of hydrogen-bond donors (Lipinski definition) is 0. The number of benzene rings is 2. The minimum atomic E-state index is 0.0463. The van der Waals surface area contributed by atoms with Crippen molar-refractivity contribution in [1.29, 1.82) is 0 Å². The molecule has 2 aromatic carbocycles. The highest BCUT2D eigenvalue weighted by atomic mass is 16.5. The van der Waals surface area contributed by atoms with Crippen LogP contribution in [0.25, 0.3) is 6.08 Å². The van der Waals surface area contributed by atoms with E-state index in [0.29, 0.717) is 18.8 Å². The molecule has 0 saturated carbocycles. The van der Waals surface area contributed by atoms with Crippen molar-refractivity contribution in [3.05, 3.63) is 65.2 Å². The van der Waals surface area contributed by atoms with Crippen LogP contribution in [0.1, 0.15) is 18.1 Å². The van der Waals surface area contributed by atoms with Crippen LogP contribution < -0.4 is 9.47 Å². The van der Waals surface area contributed by atoms with Crippen LogP contribution in [0.2, 0.25) is 0 Å². The molecule has 1 heterocycles. The van der Waals surface area contributed by atoms with E-state index >= 15 is 0 Å². The second-order valence-electron chi connectivity index (χ2n) is 4.99. The Morgan fingerprint density at radius 2 is 2.00 bits per heavy atom. The van der Waals surface area contributed by atoms with E-state index in [1.54, 1.807) is 6.92 Å². The fourth-order valence-electron chi connectivity index (χ4n) is 2.18. The maximum absolute atomic E-state index is 11.4. The molecule has 106 valence electrons.